The van der Waals surface area contributed by atoms with Crippen molar-refractivity contribution in [1.82, 2.24) is 4.98 Å². The van der Waals surface area contributed by atoms with Gasteiger partial charge >= 0.3 is 0 Å². The summed E-state index contributed by atoms with van der Waals surface area (Å²) >= 11 is 7.80. The van der Waals surface area contributed by atoms with Crippen molar-refractivity contribution in [3.63, 3.8) is 0 Å². The van der Waals surface area contributed by atoms with Crippen molar-refractivity contribution in [2.45, 2.75) is 17.6 Å². The van der Waals surface area contributed by atoms with Crippen LogP contribution in [0, 0.1) is 0 Å². The quantitative estimate of drug-likeness (QED) is 0.816. The SMILES string of the molecule is CNc1ccc(Cl)c(CSc2ccc(NC(C)=O)cc2)n1. The van der Waals surface area contributed by atoms with E-state index in [0.717, 1.165) is 22.1 Å². The summed E-state index contributed by atoms with van der Waals surface area (Å²) in [6.07, 6.45) is 0. The Labute approximate surface area is 133 Å². The second-order valence-electron chi connectivity index (χ2n) is 4.37. The predicted molar refractivity (Wildman–Crippen MR) is 89.1 cm³/mol. The third-order valence-corrected chi connectivity index (χ3v) is 4.09. The molecular weight excluding hydrogens is 306 g/mol. The lowest BCUT2D eigenvalue weighted by Gasteiger charge is -2.07. The number of anilines is 2. The Morgan fingerprint density at radius 1 is 1.24 bits per heavy atom. The maximum absolute atomic E-state index is 11.0. The highest BCUT2D eigenvalue weighted by Gasteiger charge is 2.05. The molecule has 2 aromatic rings. The molecule has 0 aliphatic carbocycles. The highest BCUT2D eigenvalue weighted by molar-refractivity contribution is 7.98. The van der Waals surface area contributed by atoms with E-state index in [1.54, 1.807) is 11.8 Å². The average Bonchev–Trinajstić information content (AvgIpc) is 2.47. The summed E-state index contributed by atoms with van der Waals surface area (Å²) in [5.74, 6) is 1.42. The first-order valence-corrected chi connectivity index (χ1v) is 7.78. The first-order valence-electron chi connectivity index (χ1n) is 6.42. The van der Waals surface area contributed by atoms with Gasteiger partial charge in [-0.15, -0.1) is 11.8 Å². The van der Waals surface area contributed by atoms with Crippen LogP contribution >= 0.6 is 23.4 Å². The summed E-state index contributed by atoms with van der Waals surface area (Å²) in [5, 5.41) is 6.40. The van der Waals surface area contributed by atoms with E-state index in [1.165, 1.54) is 6.92 Å². The van der Waals surface area contributed by atoms with Crippen molar-refractivity contribution in [2.75, 3.05) is 17.7 Å². The van der Waals surface area contributed by atoms with Gasteiger partial charge in [-0.05, 0) is 36.4 Å². The standard InChI is InChI=1S/C15H16ClN3OS/c1-10(20)18-11-3-5-12(6-4-11)21-9-14-13(16)7-8-15(17-2)19-14/h3-8H,9H2,1-2H3,(H,17,19)(H,18,20). The van der Waals surface area contributed by atoms with Crippen molar-refractivity contribution in [1.29, 1.82) is 0 Å². The van der Waals surface area contributed by atoms with Gasteiger partial charge in [-0.1, -0.05) is 11.6 Å². The van der Waals surface area contributed by atoms with Crippen LogP contribution in [0.1, 0.15) is 12.6 Å². The van der Waals surface area contributed by atoms with Crippen LogP contribution in [0.15, 0.2) is 41.3 Å². The summed E-state index contributed by atoms with van der Waals surface area (Å²) in [7, 11) is 1.83. The fourth-order valence-electron chi connectivity index (χ4n) is 1.71. The van der Waals surface area contributed by atoms with Crippen LogP contribution in [0.25, 0.3) is 0 Å². The molecule has 0 spiro atoms. The second-order valence-corrected chi connectivity index (χ2v) is 5.83. The third-order valence-electron chi connectivity index (χ3n) is 2.73. The second kappa shape index (κ2) is 7.33. The Hall–Kier alpha value is -1.72. The third kappa shape index (κ3) is 4.65. The Kier molecular flexibility index (Phi) is 5.47. The van der Waals surface area contributed by atoms with Gasteiger partial charge in [-0.25, -0.2) is 4.98 Å². The Morgan fingerprint density at radius 2 is 1.95 bits per heavy atom. The molecule has 1 amide bonds. The van der Waals surface area contributed by atoms with Crippen molar-refractivity contribution in [2.24, 2.45) is 0 Å². The molecule has 0 fully saturated rings. The van der Waals surface area contributed by atoms with Crippen LogP contribution < -0.4 is 10.6 Å². The van der Waals surface area contributed by atoms with Gasteiger partial charge in [0, 0.05) is 30.3 Å². The molecule has 0 aliphatic rings. The van der Waals surface area contributed by atoms with Crippen LogP contribution in [-0.4, -0.2) is 17.9 Å². The van der Waals surface area contributed by atoms with Crippen LogP contribution in [0.4, 0.5) is 11.5 Å². The van der Waals surface area contributed by atoms with E-state index in [4.69, 9.17) is 11.6 Å². The van der Waals surface area contributed by atoms with Crippen molar-refractivity contribution in [3.05, 3.63) is 47.1 Å². The van der Waals surface area contributed by atoms with Crippen LogP contribution in [0.5, 0.6) is 0 Å². The minimum absolute atomic E-state index is 0.0738. The molecule has 1 aromatic heterocycles. The molecular formula is C15H16ClN3OS. The van der Waals surface area contributed by atoms with E-state index < -0.39 is 0 Å². The zero-order valence-electron chi connectivity index (χ0n) is 11.8. The van der Waals surface area contributed by atoms with Gasteiger partial charge in [0.2, 0.25) is 5.91 Å². The number of hydrogen-bond donors (Lipinski definition) is 2. The minimum atomic E-state index is -0.0738. The molecule has 4 nitrogen and oxygen atoms in total. The van der Waals surface area contributed by atoms with Gasteiger partial charge < -0.3 is 10.6 Å². The smallest absolute Gasteiger partial charge is 0.221 e. The molecule has 1 aromatic carbocycles. The topological polar surface area (TPSA) is 54.0 Å². The van der Waals surface area contributed by atoms with Crippen LogP contribution in [-0.2, 0) is 10.5 Å². The zero-order valence-corrected chi connectivity index (χ0v) is 13.4. The maximum atomic E-state index is 11.0. The van der Waals surface area contributed by atoms with Gasteiger partial charge in [0.15, 0.2) is 0 Å². The number of thioether (sulfide) groups is 1. The number of carbonyl (C=O) groups is 1. The van der Waals surface area contributed by atoms with Gasteiger partial charge in [0.25, 0.3) is 0 Å². The monoisotopic (exact) mass is 321 g/mol. The highest BCUT2D eigenvalue weighted by atomic mass is 35.5. The van der Waals surface area contributed by atoms with Crippen LogP contribution in [0.3, 0.4) is 0 Å². The Balaban J connectivity index is 2.01. The van der Waals surface area contributed by atoms with Gasteiger partial charge in [-0.3, -0.25) is 4.79 Å². The molecule has 2 N–H and O–H groups in total. The summed E-state index contributed by atoms with van der Waals surface area (Å²) in [6, 6.07) is 11.4. The summed E-state index contributed by atoms with van der Waals surface area (Å²) < 4.78 is 0. The molecule has 21 heavy (non-hydrogen) atoms. The molecule has 0 saturated carbocycles. The number of pyridine rings is 1. The first kappa shape index (κ1) is 15.7. The summed E-state index contributed by atoms with van der Waals surface area (Å²) in [4.78, 5) is 16.5. The van der Waals surface area contributed by atoms with E-state index >= 15 is 0 Å². The zero-order chi connectivity index (χ0) is 15.2. The molecule has 6 heteroatoms. The lowest BCUT2D eigenvalue weighted by atomic mass is 10.3. The van der Waals surface area contributed by atoms with E-state index in [2.05, 4.69) is 15.6 Å². The first-order chi connectivity index (χ1) is 10.1. The lowest BCUT2D eigenvalue weighted by molar-refractivity contribution is -0.114. The summed E-state index contributed by atoms with van der Waals surface area (Å²) in [6.45, 7) is 1.49. The van der Waals surface area contributed by atoms with Gasteiger partial charge in [-0.2, -0.15) is 0 Å². The van der Waals surface area contributed by atoms with E-state index in [-0.39, 0.29) is 5.91 Å². The molecule has 0 atom stereocenters. The molecule has 0 radical (unpaired) electrons. The van der Waals surface area contributed by atoms with Crippen molar-refractivity contribution in [3.8, 4) is 0 Å². The fourth-order valence-corrected chi connectivity index (χ4v) is 2.82. The molecule has 0 unspecified atom stereocenters. The number of halogens is 1. The van der Waals surface area contributed by atoms with E-state index in [1.807, 2.05) is 43.4 Å². The molecule has 0 saturated heterocycles. The molecule has 0 bridgehead atoms. The maximum Gasteiger partial charge on any atom is 0.221 e. The number of carbonyl (C=O) groups excluding carboxylic acids is 1. The Bertz CT molecular complexity index is 631. The van der Waals surface area contributed by atoms with E-state index in [0.29, 0.717) is 10.8 Å². The molecule has 0 aliphatic heterocycles. The number of aromatic nitrogens is 1. The summed E-state index contributed by atoms with van der Waals surface area (Å²) in [5.41, 5.74) is 1.64. The minimum Gasteiger partial charge on any atom is -0.373 e. The van der Waals surface area contributed by atoms with Gasteiger partial charge in [0.05, 0.1) is 10.7 Å². The highest BCUT2D eigenvalue weighted by Crippen LogP contribution is 2.27. The number of nitrogens with one attached hydrogen (secondary N) is 2. The van der Waals surface area contributed by atoms with Crippen LogP contribution in [0.2, 0.25) is 5.02 Å². The van der Waals surface area contributed by atoms with Gasteiger partial charge in [0.1, 0.15) is 5.82 Å². The van der Waals surface area contributed by atoms with E-state index in [9.17, 15) is 4.79 Å². The molecule has 110 valence electrons. The number of benzene rings is 1. The number of amides is 1. The van der Waals surface area contributed by atoms with Crippen molar-refractivity contribution < 1.29 is 4.79 Å². The number of nitrogens with zero attached hydrogens (tertiary/aromatic N) is 1. The lowest BCUT2D eigenvalue weighted by Crippen LogP contribution is -2.05. The largest absolute Gasteiger partial charge is 0.373 e. The predicted octanol–water partition coefficient (Wildman–Crippen LogP) is 4.03. The van der Waals surface area contributed by atoms with Crippen molar-refractivity contribution >= 4 is 40.8 Å². The Morgan fingerprint density at radius 3 is 2.57 bits per heavy atom. The normalized spacial score (nSPS) is 10.2. The fraction of sp³-hybridized carbons (Fsp3) is 0.200. The molecule has 1 heterocycles. The average molecular weight is 322 g/mol. The molecule has 2 rings (SSSR count). The number of rotatable bonds is 5. The number of hydrogen-bond acceptors (Lipinski definition) is 4.